The fourth-order valence-corrected chi connectivity index (χ4v) is 4.89. The van der Waals surface area contributed by atoms with Crippen molar-refractivity contribution in [2.45, 2.75) is 75.3 Å². The molecule has 2 heterocycles. The number of amides is 1. The number of carboxylic acid groups (broad SMARTS) is 2. The fourth-order valence-electron chi connectivity index (χ4n) is 4.89. The fraction of sp³-hybridized carbons (Fsp3) is 0.654. The first kappa shape index (κ1) is 29.8. The van der Waals surface area contributed by atoms with Gasteiger partial charge >= 0.3 is 11.9 Å². The van der Waals surface area contributed by atoms with Crippen LogP contribution in [0.2, 0.25) is 0 Å². The lowest BCUT2D eigenvalue weighted by atomic mass is 9.90. The third kappa shape index (κ3) is 8.63. The molecular weight excluding hydrogens is 498 g/mol. The molecule has 1 amide bonds. The van der Waals surface area contributed by atoms with E-state index in [-0.39, 0.29) is 18.6 Å². The van der Waals surface area contributed by atoms with Crippen molar-refractivity contribution in [3.05, 3.63) is 24.3 Å². The molecule has 3 fully saturated rings. The van der Waals surface area contributed by atoms with Crippen molar-refractivity contribution in [2.24, 2.45) is 0 Å². The van der Waals surface area contributed by atoms with Crippen LogP contribution in [0.15, 0.2) is 24.3 Å². The molecule has 38 heavy (non-hydrogen) atoms. The van der Waals surface area contributed by atoms with Gasteiger partial charge in [-0.1, -0.05) is 6.42 Å². The largest absolute Gasteiger partial charge is 0.490 e. The highest BCUT2D eigenvalue weighted by Gasteiger charge is 2.30. The second-order valence-corrected chi connectivity index (χ2v) is 10.0. The maximum Gasteiger partial charge on any atom is 0.335 e. The molecule has 0 aromatic heterocycles. The van der Waals surface area contributed by atoms with Gasteiger partial charge in [-0.25, -0.2) is 9.59 Å². The zero-order valence-corrected chi connectivity index (χ0v) is 21.4. The average molecular weight is 538 g/mol. The monoisotopic (exact) mass is 537 g/mol. The zero-order chi connectivity index (χ0) is 27.7. The Morgan fingerprint density at radius 2 is 1.50 bits per heavy atom. The van der Waals surface area contributed by atoms with Gasteiger partial charge in [0.1, 0.15) is 11.9 Å². The number of hydrogen-bond acceptors (Lipinski definition) is 9. The van der Waals surface area contributed by atoms with E-state index in [4.69, 9.17) is 25.2 Å². The van der Waals surface area contributed by atoms with E-state index >= 15 is 0 Å². The molecule has 1 saturated carbocycles. The van der Waals surface area contributed by atoms with Gasteiger partial charge in [0.2, 0.25) is 5.91 Å². The Morgan fingerprint density at radius 3 is 2.00 bits per heavy atom. The molecule has 6 N–H and O–H groups in total. The van der Waals surface area contributed by atoms with E-state index in [9.17, 15) is 19.5 Å². The van der Waals surface area contributed by atoms with Crippen LogP contribution < -0.4 is 10.1 Å². The number of likely N-dealkylation sites (tertiary alicyclic amines) is 2. The lowest BCUT2D eigenvalue weighted by Gasteiger charge is -2.41. The summed E-state index contributed by atoms with van der Waals surface area (Å²) >= 11 is 0. The molecule has 1 aromatic carbocycles. The molecule has 212 valence electrons. The summed E-state index contributed by atoms with van der Waals surface area (Å²) in [6.45, 7) is 3.64. The molecule has 0 bridgehead atoms. The van der Waals surface area contributed by atoms with Gasteiger partial charge in [-0.05, 0) is 69.3 Å². The molecule has 1 aromatic rings. The number of carboxylic acids is 2. The normalized spacial score (nSPS) is 22.4. The van der Waals surface area contributed by atoms with Crippen LogP contribution in [0.5, 0.6) is 5.75 Å². The van der Waals surface area contributed by atoms with Crippen molar-refractivity contribution >= 4 is 23.5 Å². The number of nitrogens with one attached hydrogen (secondary N) is 1. The number of ether oxygens (including phenoxy) is 1. The summed E-state index contributed by atoms with van der Waals surface area (Å²) in [5.41, 5.74) is 0.789. The number of nitrogens with zero attached hydrogens (tertiary/aromatic N) is 2. The molecule has 12 heteroatoms. The van der Waals surface area contributed by atoms with Crippen LogP contribution in [-0.2, 0) is 14.4 Å². The Kier molecular flexibility index (Phi) is 11.3. The number of benzene rings is 1. The molecule has 0 spiro atoms. The lowest BCUT2D eigenvalue weighted by molar-refractivity contribution is -0.165. The second-order valence-electron chi connectivity index (χ2n) is 10.0. The first-order chi connectivity index (χ1) is 18.2. The summed E-state index contributed by atoms with van der Waals surface area (Å²) in [6, 6.07) is 8.66. The molecule has 3 aliphatic rings. The highest BCUT2D eigenvalue weighted by Crippen LogP contribution is 2.29. The maximum atomic E-state index is 12.3. The first-order valence-electron chi connectivity index (χ1n) is 13.1. The highest BCUT2D eigenvalue weighted by molar-refractivity contribution is 5.92. The van der Waals surface area contributed by atoms with Crippen LogP contribution in [-0.4, -0.2) is 116 Å². The van der Waals surface area contributed by atoms with Crippen LogP contribution in [0, 0.1) is 0 Å². The standard InChI is InChI=1S/C22H33N3O3.C4H6O6/c26-16-19-5-2-12-25(19)15-22(27)23-17-6-8-20(9-7-17)28-21-10-13-24(14-11-21)18-3-1-4-18;5-1(3(7)8)2(6)4(9)10/h6-9,18-19,21,26H,1-5,10-16H2,(H,23,27);1-2,5-6H,(H,7,8)(H,9,10)/t19-;1-,2-/m11/s1. The van der Waals surface area contributed by atoms with Gasteiger partial charge < -0.3 is 40.5 Å². The van der Waals surface area contributed by atoms with Crippen molar-refractivity contribution < 1.29 is 44.7 Å². The van der Waals surface area contributed by atoms with E-state index in [1.54, 1.807) is 0 Å². The molecule has 0 radical (unpaired) electrons. The first-order valence-corrected chi connectivity index (χ1v) is 13.1. The number of anilines is 1. The topological polar surface area (TPSA) is 180 Å². The molecule has 12 nitrogen and oxygen atoms in total. The van der Waals surface area contributed by atoms with Gasteiger partial charge in [0.15, 0.2) is 12.2 Å². The minimum Gasteiger partial charge on any atom is -0.490 e. The third-order valence-electron chi connectivity index (χ3n) is 7.37. The molecule has 4 rings (SSSR count). The maximum absolute atomic E-state index is 12.3. The third-order valence-corrected chi connectivity index (χ3v) is 7.37. The van der Waals surface area contributed by atoms with Gasteiger partial charge in [0.25, 0.3) is 0 Å². The minimum absolute atomic E-state index is 0.0302. The predicted octanol–water partition coefficient (Wildman–Crippen LogP) is 0.355. The van der Waals surface area contributed by atoms with Crippen molar-refractivity contribution in [1.29, 1.82) is 0 Å². The Balaban J connectivity index is 0.000000342. The average Bonchev–Trinajstić information content (AvgIpc) is 3.31. The Morgan fingerprint density at radius 1 is 0.895 bits per heavy atom. The minimum atomic E-state index is -2.27. The van der Waals surface area contributed by atoms with Crippen molar-refractivity contribution in [3.8, 4) is 5.75 Å². The number of piperidine rings is 1. The number of aliphatic carboxylic acids is 2. The smallest absolute Gasteiger partial charge is 0.335 e. The summed E-state index contributed by atoms with van der Waals surface area (Å²) in [4.78, 5) is 36.5. The van der Waals surface area contributed by atoms with Gasteiger partial charge in [-0.15, -0.1) is 0 Å². The van der Waals surface area contributed by atoms with E-state index < -0.39 is 24.1 Å². The molecular formula is C26H39N3O9. The zero-order valence-electron chi connectivity index (χ0n) is 21.4. The van der Waals surface area contributed by atoms with Crippen LogP contribution in [0.1, 0.15) is 44.9 Å². The number of rotatable bonds is 10. The number of carbonyl (C=O) groups is 3. The van der Waals surface area contributed by atoms with Crippen LogP contribution in [0.3, 0.4) is 0 Å². The van der Waals surface area contributed by atoms with Gasteiger partial charge in [-0.2, -0.15) is 0 Å². The van der Waals surface area contributed by atoms with E-state index in [2.05, 4.69) is 15.1 Å². The molecule has 1 aliphatic carbocycles. The molecule has 0 unspecified atom stereocenters. The summed E-state index contributed by atoms with van der Waals surface area (Å²) < 4.78 is 6.16. The molecule has 2 saturated heterocycles. The number of aliphatic hydroxyl groups excluding tert-OH is 3. The van der Waals surface area contributed by atoms with Crippen molar-refractivity contribution in [3.63, 3.8) is 0 Å². The van der Waals surface area contributed by atoms with Crippen molar-refractivity contribution in [1.82, 2.24) is 9.80 Å². The van der Waals surface area contributed by atoms with E-state index in [1.807, 2.05) is 24.3 Å². The van der Waals surface area contributed by atoms with Gasteiger partial charge in [-0.3, -0.25) is 9.69 Å². The summed E-state index contributed by atoms with van der Waals surface area (Å²) in [6.07, 6.45) is 4.10. The van der Waals surface area contributed by atoms with E-state index in [0.717, 1.165) is 62.8 Å². The summed E-state index contributed by atoms with van der Waals surface area (Å²) in [5, 5.41) is 44.8. The quantitative estimate of drug-likeness (QED) is 0.242. The van der Waals surface area contributed by atoms with Crippen LogP contribution in [0.4, 0.5) is 5.69 Å². The van der Waals surface area contributed by atoms with Crippen LogP contribution >= 0.6 is 0 Å². The van der Waals surface area contributed by atoms with E-state index in [1.165, 1.54) is 19.3 Å². The predicted molar refractivity (Wildman–Crippen MR) is 137 cm³/mol. The number of aliphatic hydroxyl groups is 3. The Labute approximate surface area is 221 Å². The van der Waals surface area contributed by atoms with E-state index in [0.29, 0.717) is 12.6 Å². The number of hydrogen-bond donors (Lipinski definition) is 6. The van der Waals surface area contributed by atoms with Crippen LogP contribution in [0.25, 0.3) is 0 Å². The molecule has 2 aliphatic heterocycles. The summed E-state index contributed by atoms with van der Waals surface area (Å²) in [5.74, 6) is -2.69. The van der Waals surface area contributed by atoms with Gasteiger partial charge in [0.05, 0.1) is 13.2 Å². The number of carbonyl (C=O) groups excluding carboxylic acids is 1. The lowest BCUT2D eigenvalue weighted by Crippen LogP contribution is -2.46. The summed E-state index contributed by atoms with van der Waals surface area (Å²) in [7, 11) is 0. The Bertz CT molecular complexity index is 899. The molecule has 3 atom stereocenters. The Hall–Kier alpha value is -2.77. The van der Waals surface area contributed by atoms with Gasteiger partial charge in [0, 0.05) is 30.9 Å². The second kappa shape index (κ2) is 14.4. The van der Waals surface area contributed by atoms with Crippen molar-refractivity contribution in [2.75, 3.05) is 38.1 Å². The highest BCUT2D eigenvalue weighted by atomic mass is 16.5. The SMILES string of the molecule is O=C(CN1CCC[C@@H]1CO)Nc1ccc(OC2CCN(C3CCC3)CC2)cc1.O=C(O)[C@H](O)[C@@H](O)C(=O)O.